The molecule has 0 radical (unpaired) electrons. The number of halogens is 1. The van der Waals surface area contributed by atoms with Gasteiger partial charge in [0.25, 0.3) is 0 Å². The first-order valence-electron chi connectivity index (χ1n) is 10.8. The highest BCUT2D eigenvalue weighted by Gasteiger charge is 2.28. The van der Waals surface area contributed by atoms with E-state index in [1.807, 2.05) is 62.4 Å². The van der Waals surface area contributed by atoms with Crippen molar-refractivity contribution >= 4 is 27.7 Å². The second-order valence-electron chi connectivity index (χ2n) is 8.34. The molecule has 1 fully saturated rings. The van der Waals surface area contributed by atoms with E-state index in [4.69, 9.17) is 0 Å². The average Bonchev–Trinajstić information content (AvgIpc) is 2.72. The maximum atomic E-state index is 13.3. The van der Waals surface area contributed by atoms with Crippen molar-refractivity contribution in [3.63, 3.8) is 0 Å². The van der Waals surface area contributed by atoms with Gasteiger partial charge in [0.1, 0.15) is 6.04 Å². The number of rotatable bonds is 7. The van der Waals surface area contributed by atoms with Crippen molar-refractivity contribution < 1.29 is 9.59 Å². The van der Waals surface area contributed by atoms with Crippen LogP contribution in [0.3, 0.4) is 0 Å². The van der Waals surface area contributed by atoms with E-state index in [9.17, 15) is 9.59 Å². The van der Waals surface area contributed by atoms with Crippen molar-refractivity contribution in [3.8, 4) is 0 Å². The Kier molecular flexibility index (Phi) is 8.08. The Bertz CT molecular complexity index is 877. The van der Waals surface area contributed by atoms with Crippen molar-refractivity contribution in [1.82, 2.24) is 10.2 Å². The summed E-state index contributed by atoms with van der Waals surface area (Å²) in [5, 5.41) is 3.18. The van der Waals surface area contributed by atoms with E-state index in [-0.39, 0.29) is 24.3 Å². The first-order chi connectivity index (χ1) is 14.4. The Morgan fingerprint density at radius 1 is 1.07 bits per heavy atom. The summed E-state index contributed by atoms with van der Waals surface area (Å²) in [5.74, 6) is -0.0960. The molecule has 1 atom stereocenters. The summed E-state index contributed by atoms with van der Waals surface area (Å²) < 4.78 is 0.963. The molecule has 1 N–H and O–H groups in total. The van der Waals surface area contributed by atoms with Crippen molar-refractivity contribution in [2.45, 2.75) is 71.0 Å². The molecule has 1 saturated carbocycles. The number of hydrogen-bond acceptors (Lipinski definition) is 2. The van der Waals surface area contributed by atoms with E-state index in [2.05, 4.69) is 21.2 Å². The van der Waals surface area contributed by atoms with Crippen LogP contribution in [-0.2, 0) is 22.6 Å². The van der Waals surface area contributed by atoms with Crippen molar-refractivity contribution in [1.29, 1.82) is 0 Å². The molecular formula is C25H31BrN2O2. The molecule has 0 bridgehead atoms. The molecular weight excluding hydrogens is 440 g/mol. The molecule has 4 nitrogen and oxygen atoms in total. The van der Waals surface area contributed by atoms with E-state index in [1.165, 1.54) is 6.42 Å². The number of hydrogen-bond donors (Lipinski definition) is 1. The number of nitrogens with zero attached hydrogens (tertiary/aromatic N) is 1. The number of benzene rings is 2. The molecule has 0 spiro atoms. The van der Waals surface area contributed by atoms with Gasteiger partial charge in [-0.15, -0.1) is 0 Å². The lowest BCUT2D eigenvalue weighted by Gasteiger charge is -2.31. The first-order valence-corrected chi connectivity index (χ1v) is 11.6. The van der Waals surface area contributed by atoms with E-state index in [0.717, 1.165) is 46.8 Å². The predicted octanol–water partition coefficient (Wildman–Crippen LogP) is 5.17. The van der Waals surface area contributed by atoms with Crippen molar-refractivity contribution in [2.24, 2.45) is 0 Å². The van der Waals surface area contributed by atoms with Gasteiger partial charge < -0.3 is 10.2 Å². The Labute approximate surface area is 188 Å². The predicted molar refractivity (Wildman–Crippen MR) is 124 cm³/mol. The van der Waals surface area contributed by atoms with Gasteiger partial charge in [0.15, 0.2) is 0 Å². The van der Waals surface area contributed by atoms with Crippen LogP contribution in [-0.4, -0.2) is 28.8 Å². The third-order valence-corrected chi connectivity index (χ3v) is 6.29. The van der Waals surface area contributed by atoms with Crippen LogP contribution >= 0.6 is 15.9 Å². The number of nitrogens with one attached hydrogen (secondary N) is 1. The molecule has 30 heavy (non-hydrogen) atoms. The molecule has 5 heteroatoms. The average molecular weight is 471 g/mol. The quantitative estimate of drug-likeness (QED) is 0.606. The molecule has 0 aliphatic heterocycles. The fraction of sp³-hybridized carbons (Fsp3) is 0.440. The Morgan fingerprint density at radius 2 is 1.77 bits per heavy atom. The van der Waals surface area contributed by atoms with Gasteiger partial charge in [-0.3, -0.25) is 9.59 Å². The van der Waals surface area contributed by atoms with Gasteiger partial charge in [-0.05, 0) is 49.9 Å². The van der Waals surface area contributed by atoms with Crippen LogP contribution < -0.4 is 5.32 Å². The third-order valence-electron chi connectivity index (χ3n) is 5.80. The van der Waals surface area contributed by atoms with Crippen molar-refractivity contribution in [2.75, 3.05) is 0 Å². The topological polar surface area (TPSA) is 49.4 Å². The van der Waals surface area contributed by atoms with Gasteiger partial charge in [-0.2, -0.15) is 0 Å². The van der Waals surface area contributed by atoms with E-state index in [1.54, 1.807) is 4.90 Å². The second-order valence-corrected chi connectivity index (χ2v) is 9.25. The summed E-state index contributed by atoms with van der Waals surface area (Å²) in [6.07, 6.45) is 5.91. The third kappa shape index (κ3) is 6.43. The van der Waals surface area contributed by atoms with Gasteiger partial charge >= 0.3 is 0 Å². The summed E-state index contributed by atoms with van der Waals surface area (Å²) in [7, 11) is 0. The molecule has 2 aromatic rings. The van der Waals surface area contributed by atoms with Gasteiger partial charge in [0.2, 0.25) is 11.8 Å². The Hall–Kier alpha value is -2.14. The van der Waals surface area contributed by atoms with Crippen LogP contribution in [0.4, 0.5) is 0 Å². The highest BCUT2D eigenvalue weighted by atomic mass is 79.9. The minimum Gasteiger partial charge on any atom is -0.352 e. The standard InChI is InChI=1S/C25H31BrN2O2/c1-18-8-6-9-20(14-18)16-24(29)28(17-21-10-7-11-22(26)15-21)19(2)25(30)27-23-12-4-3-5-13-23/h6-11,14-15,19,23H,3-5,12-13,16-17H2,1-2H3,(H,27,30)/t19-/m1/s1. The smallest absolute Gasteiger partial charge is 0.242 e. The zero-order valence-electron chi connectivity index (χ0n) is 17.9. The molecule has 2 aromatic carbocycles. The van der Waals surface area contributed by atoms with Crippen LogP contribution in [0.2, 0.25) is 0 Å². The molecule has 1 aliphatic carbocycles. The van der Waals surface area contributed by atoms with Crippen LogP contribution in [0.5, 0.6) is 0 Å². The fourth-order valence-electron chi connectivity index (χ4n) is 4.08. The maximum absolute atomic E-state index is 13.3. The lowest BCUT2D eigenvalue weighted by atomic mass is 9.95. The molecule has 1 aliphatic rings. The molecule has 0 aromatic heterocycles. The summed E-state index contributed by atoms with van der Waals surface area (Å²) in [6.45, 7) is 4.26. The number of amides is 2. The first kappa shape index (κ1) is 22.5. The second kappa shape index (κ2) is 10.8. The summed E-state index contributed by atoms with van der Waals surface area (Å²) in [6, 6.07) is 15.6. The Balaban J connectivity index is 1.76. The lowest BCUT2D eigenvalue weighted by molar-refractivity contribution is -0.140. The van der Waals surface area contributed by atoms with Crippen molar-refractivity contribution in [3.05, 3.63) is 69.7 Å². The van der Waals surface area contributed by atoms with Crippen LogP contribution in [0.25, 0.3) is 0 Å². The monoisotopic (exact) mass is 470 g/mol. The normalized spacial score (nSPS) is 15.4. The number of carbonyl (C=O) groups is 2. The van der Waals surface area contributed by atoms with Crippen LogP contribution in [0.1, 0.15) is 55.7 Å². The molecule has 0 unspecified atom stereocenters. The highest BCUT2D eigenvalue weighted by Crippen LogP contribution is 2.19. The van der Waals surface area contributed by atoms with Gasteiger partial charge in [-0.25, -0.2) is 0 Å². The molecule has 2 amide bonds. The van der Waals surface area contributed by atoms with Crippen LogP contribution in [0, 0.1) is 6.92 Å². The molecule has 0 heterocycles. The van der Waals surface area contributed by atoms with Crippen LogP contribution in [0.15, 0.2) is 53.0 Å². The van der Waals surface area contributed by atoms with Gasteiger partial charge in [0, 0.05) is 17.1 Å². The van der Waals surface area contributed by atoms with E-state index < -0.39 is 6.04 Å². The number of aryl methyl sites for hydroxylation is 1. The van der Waals surface area contributed by atoms with Gasteiger partial charge in [0.05, 0.1) is 6.42 Å². The van der Waals surface area contributed by atoms with E-state index in [0.29, 0.717) is 6.54 Å². The summed E-state index contributed by atoms with van der Waals surface area (Å²) >= 11 is 3.50. The summed E-state index contributed by atoms with van der Waals surface area (Å²) in [5.41, 5.74) is 3.10. The minimum absolute atomic E-state index is 0.0353. The van der Waals surface area contributed by atoms with Gasteiger partial charge in [-0.1, -0.05) is 77.2 Å². The fourth-order valence-corrected chi connectivity index (χ4v) is 4.53. The lowest BCUT2D eigenvalue weighted by Crippen LogP contribution is -2.50. The number of carbonyl (C=O) groups excluding carboxylic acids is 2. The zero-order chi connectivity index (χ0) is 21.5. The Morgan fingerprint density at radius 3 is 2.47 bits per heavy atom. The SMILES string of the molecule is Cc1cccc(CC(=O)N(Cc2cccc(Br)c2)[C@H](C)C(=O)NC2CCCCC2)c1. The molecule has 3 rings (SSSR count). The molecule has 160 valence electrons. The highest BCUT2D eigenvalue weighted by molar-refractivity contribution is 9.10. The zero-order valence-corrected chi connectivity index (χ0v) is 19.5. The largest absolute Gasteiger partial charge is 0.352 e. The van der Waals surface area contributed by atoms with E-state index >= 15 is 0 Å². The summed E-state index contributed by atoms with van der Waals surface area (Å²) in [4.78, 5) is 28.0. The maximum Gasteiger partial charge on any atom is 0.242 e. The molecule has 0 saturated heterocycles. The minimum atomic E-state index is -0.525.